The van der Waals surface area contributed by atoms with Crippen LogP contribution in [0, 0.1) is 6.92 Å². The van der Waals surface area contributed by atoms with E-state index in [-0.39, 0.29) is 17.4 Å². The third-order valence-corrected chi connectivity index (χ3v) is 5.32. The number of carbonyl (C=O) groups excluding carboxylic acids is 2. The van der Waals surface area contributed by atoms with Crippen molar-refractivity contribution < 1.29 is 14.3 Å². The fraction of sp³-hybridized carbons (Fsp3) is 0.409. The van der Waals surface area contributed by atoms with Crippen LogP contribution in [0.5, 0.6) is 5.75 Å². The highest BCUT2D eigenvalue weighted by Crippen LogP contribution is 2.16. The molecule has 2 heterocycles. The Morgan fingerprint density at radius 3 is 2.63 bits per heavy atom. The molecule has 2 amide bonds. The minimum Gasteiger partial charge on any atom is -0.491 e. The van der Waals surface area contributed by atoms with E-state index < -0.39 is 6.04 Å². The van der Waals surface area contributed by atoms with Crippen molar-refractivity contribution in [3.05, 3.63) is 64.1 Å². The first-order valence-corrected chi connectivity index (χ1v) is 9.99. The smallest absolute Gasteiger partial charge is 0.255 e. The molecule has 1 aromatic heterocycles. The van der Waals surface area contributed by atoms with Gasteiger partial charge >= 0.3 is 0 Å². The molecule has 1 aliphatic heterocycles. The van der Waals surface area contributed by atoms with Crippen LogP contribution in [0.15, 0.2) is 47.4 Å². The van der Waals surface area contributed by atoms with Crippen LogP contribution in [0.2, 0.25) is 0 Å². The maximum absolute atomic E-state index is 12.8. The predicted molar refractivity (Wildman–Crippen MR) is 114 cm³/mol. The van der Waals surface area contributed by atoms with E-state index in [0.717, 1.165) is 11.3 Å². The summed E-state index contributed by atoms with van der Waals surface area (Å²) in [4.78, 5) is 40.7. The van der Waals surface area contributed by atoms with E-state index >= 15 is 0 Å². The van der Waals surface area contributed by atoms with Gasteiger partial charge in [-0.1, -0.05) is 18.2 Å². The highest BCUT2D eigenvalue weighted by atomic mass is 16.5. The third-order valence-electron chi connectivity index (χ3n) is 5.32. The molecule has 1 saturated heterocycles. The van der Waals surface area contributed by atoms with Gasteiger partial charge in [-0.3, -0.25) is 19.3 Å². The van der Waals surface area contributed by atoms with Crippen molar-refractivity contribution in [2.24, 2.45) is 7.05 Å². The lowest BCUT2D eigenvalue weighted by atomic mass is 10.1. The van der Waals surface area contributed by atoms with Crippen molar-refractivity contribution in [1.29, 1.82) is 0 Å². The van der Waals surface area contributed by atoms with Crippen LogP contribution in [-0.2, 0) is 11.8 Å². The maximum Gasteiger partial charge on any atom is 0.255 e. The number of para-hydroxylation sites is 1. The Bertz CT molecular complexity index is 972. The van der Waals surface area contributed by atoms with Crippen LogP contribution in [0.4, 0.5) is 0 Å². The molecule has 0 saturated carbocycles. The molecule has 1 atom stereocenters. The summed E-state index contributed by atoms with van der Waals surface area (Å²) in [5, 5.41) is 2.90. The first-order valence-electron chi connectivity index (χ1n) is 9.99. The second-order valence-corrected chi connectivity index (χ2v) is 7.52. The topological polar surface area (TPSA) is 83.9 Å². The lowest BCUT2D eigenvalue weighted by molar-refractivity contribution is -0.127. The maximum atomic E-state index is 12.8. The Kier molecular flexibility index (Phi) is 6.89. The molecule has 0 radical (unpaired) electrons. The molecule has 160 valence electrons. The minimum absolute atomic E-state index is 0.135. The molecule has 0 aliphatic carbocycles. The van der Waals surface area contributed by atoms with Crippen LogP contribution in [0.1, 0.15) is 15.9 Å². The summed E-state index contributed by atoms with van der Waals surface area (Å²) in [6, 6.07) is 10.2. The highest BCUT2D eigenvalue weighted by molar-refractivity contribution is 5.94. The Morgan fingerprint density at radius 2 is 1.90 bits per heavy atom. The number of aryl methyl sites for hydroxylation is 2. The summed E-state index contributed by atoms with van der Waals surface area (Å²) in [6.45, 7) is 4.14. The number of pyridine rings is 1. The van der Waals surface area contributed by atoms with Gasteiger partial charge in [0.25, 0.3) is 5.91 Å². The summed E-state index contributed by atoms with van der Waals surface area (Å²) in [6.07, 6.45) is 1.53. The number of benzene rings is 1. The molecule has 0 unspecified atom stereocenters. The number of likely N-dealkylation sites (N-methyl/N-ethyl adjacent to an activating group) is 1. The zero-order valence-electron chi connectivity index (χ0n) is 17.6. The molecule has 1 aromatic carbocycles. The summed E-state index contributed by atoms with van der Waals surface area (Å²) in [5.74, 6) is 0.485. The SMILES string of the molecule is Cc1ccccc1OCCNC(=O)[C@@H]1CN(C(=O)c2ccc(=O)n(C)c2)CCN1C. The molecule has 1 N–H and O–H groups in total. The molecule has 0 spiro atoms. The number of aromatic nitrogens is 1. The fourth-order valence-electron chi connectivity index (χ4n) is 3.42. The standard InChI is InChI=1S/C22H28N4O4/c1-16-6-4-5-7-19(16)30-13-10-23-21(28)18-15-26(12-11-24(18)2)22(29)17-8-9-20(27)25(3)14-17/h4-9,14,18H,10-13,15H2,1-3H3,(H,23,28)/t18-/m0/s1. The van der Waals surface area contributed by atoms with Gasteiger partial charge in [0.1, 0.15) is 18.4 Å². The van der Waals surface area contributed by atoms with E-state index in [1.807, 2.05) is 43.1 Å². The van der Waals surface area contributed by atoms with Gasteiger partial charge in [0, 0.05) is 38.9 Å². The number of rotatable bonds is 6. The Morgan fingerprint density at radius 1 is 1.13 bits per heavy atom. The Balaban J connectivity index is 1.54. The summed E-state index contributed by atoms with van der Waals surface area (Å²) in [5.41, 5.74) is 1.31. The van der Waals surface area contributed by atoms with Gasteiger partial charge in [0.2, 0.25) is 11.5 Å². The lowest BCUT2D eigenvalue weighted by Crippen LogP contribution is -2.59. The Hall–Kier alpha value is -3.13. The number of piperazine rings is 1. The molecule has 3 rings (SSSR count). The number of amides is 2. The van der Waals surface area contributed by atoms with Crippen LogP contribution in [0.3, 0.4) is 0 Å². The zero-order chi connectivity index (χ0) is 21.7. The average molecular weight is 412 g/mol. The first-order chi connectivity index (χ1) is 14.4. The van der Waals surface area contributed by atoms with E-state index in [2.05, 4.69) is 5.32 Å². The van der Waals surface area contributed by atoms with Crippen molar-refractivity contribution in [3.63, 3.8) is 0 Å². The van der Waals surface area contributed by atoms with Crippen LogP contribution in [0.25, 0.3) is 0 Å². The molecule has 2 aromatic rings. The summed E-state index contributed by atoms with van der Waals surface area (Å²) >= 11 is 0. The molecule has 1 fully saturated rings. The molecule has 0 bridgehead atoms. The zero-order valence-corrected chi connectivity index (χ0v) is 17.6. The lowest BCUT2D eigenvalue weighted by Gasteiger charge is -2.38. The normalized spacial score (nSPS) is 16.9. The Labute approximate surface area is 176 Å². The molecular weight excluding hydrogens is 384 g/mol. The average Bonchev–Trinajstić information content (AvgIpc) is 2.74. The van der Waals surface area contributed by atoms with Gasteiger partial charge < -0.3 is 19.5 Å². The minimum atomic E-state index is -0.436. The van der Waals surface area contributed by atoms with E-state index in [9.17, 15) is 14.4 Å². The number of ether oxygens (including phenoxy) is 1. The second-order valence-electron chi connectivity index (χ2n) is 7.52. The van der Waals surface area contributed by atoms with Gasteiger partial charge in [-0.2, -0.15) is 0 Å². The number of nitrogens with zero attached hydrogens (tertiary/aromatic N) is 3. The highest BCUT2D eigenvalue weighted by Gasteiger charge is 2.32. The van der Waals surface area contributed by atoms with Crippen molar-refractivity contribution >= 4 is 11.8 Å². The monoisotopic (exact) mass is 412 g/mol. The number of hydrogen-bond acceptors (Lipinski definition) is 5. The molecule has 8 heteroatoms. The van der Waals surface area contributed by atoms with Crippen molar-refractivity contribution in [2.75, 3.05) is 39.8 Å². The van der Waals surface area contributed by atoms with Gasteiger partial charge in [-0.25, -0.2) is 0 Å². The van der Waals surface area contributed by atoms with Crippen molar-refractivity contribution in [2.45, 2.75) is 13.0 Å². The largest absolute Gasteiger partial charge is 0.491 e. The molecule has 1 aliphatic rings. The van der Waals surface area contributed by atoms with E-state index in [1.165, 1.54) is 22.9 Å². The van der Waals surface area contributed by atoms with Crippen molar-refractivity contribution in [1.82, 2.24) is 19.7 Å². The predicted octanol–water partition coefficient (Wildman–Crippen LogP) is 0.645. The van der Waals surface area contributed by atoms with Crippen molar-refractivity contribution in [3.8, 4) is 5.75 Å². The van der Waals surface area contributed by atoms with Crippen LogP contribution < -0.4 is 15.6 Å². The number of hydrogen-bond donors (Lipinski definition) is 1. The molecule has 8 nitrogen and oxygen atoms in total. The first kappa shape index (κ1) is 21.6. The third kappa shape index (κ3) is 5.07. The summed E-state index contributed by atoms with van der Waals surface area (Å²) < 4.78 is 7.10. The number of carbonyl (C=O) groups is 2. The second kappa shape index (κ2) is 9.58. The van der Waals surface area contributed by atoms with Gasteiger partial charge in [0.05, 0.1) is 12.1 Å². The quantitative estimate of drug-likeness (QED) is 0.705. The van der Waals surface area contributed by atoms with Crippen LogP contribution in [-0.4, -0.2) is 72.1 Å². The van der Waals surface area contributed by atoms with E-state index in [0.29, 0.717) is 38.3 Å². The van der Waals surface area contributed by atoms with Gasteiger partial charge in [-0.15, -0.1) is 0 Å². The van der Waals surface area contributed by atoms with E-state index in [4.69, 9.17) is 4.74 Å². The van der Waals surface area contributed by atoms with Crippen LogP contribution >= 0.6 is 0 Å². The number of nitrogens with one attached hydrogen (secondary N) is 1. The van der Waals surface area contributed by atoms with Gasteiger partial charge in [0.15, 0.2) is 0 Å². The fourth-order valence-corrected chi connectivity index (χ4v) is 3.42. The molecule has 30 heavy (non-hydrogen) atoms. The van der Waals surface area contributed by atoms with E-state index in [1.54, 1.807) is 11.9 Å². The molecular formula is C22H28N4O4. The summed E-state index contributed by atoms with van der Waals surface area (Å²) in [7, 11) is 3.49. The van der Waals surface area contributed by atoms with Gasteiger partial charge in [-0.05, 0) is 31.7 Å².